The number of methoxy groups -OCH3 is 1. The summed E-state index contributed by atoms with van der Waals surface area (Å²) in [5, 5.41) is 5.16. The largest absolute Gasteiger partial charge is 0.465 e. The van der Waals surface area contributed by atoms with E-state index in [0.29, 0.717) is 5.56 Å². The number of hydrogen-bond donors (Lipinski definition) is 0. The van der Waals surface area contributed by atoms with Crippen molar-refractivity contribution < 1.29 is 9.53 Å². The SMILES string of the molecule is COC(=O)c1ccc2nn(C)c(Br)c2c1. The zero-order chi connectivity index (χ0) is 11.0. The van der Waals surface area contributed by atoms with Gasteiger partial charge >= 0.3 is 5.97 Å². The first-order valence-corrected chi connectivity index (χ1v) is 5.13. The van der Waals surface area contributed by atoms with Crippen molar-refractivity contribution in [3.8, 4) is 0 Å². The van der Waals surface area contributed by atoms with Crippen LogP contribution >= 0.6 is 15.9 Å². The van der Waals surface area contributed by atoms with Crippen molar-refractivity contribution in [3.05, 3.63) is 28.4 Å². The number of carbonyl (C=O) groups is 1. The van der Waals surface area contributed by atoms with Crippen molar-refractivity contribution in [3.63, 3.8) is 0 Å². The van der Waals surface area contributed by atoms with E-state index in [0.717, 1.165) is 15.5 Å². The van der Waals surface area contributed by atoms with Gasteiger partial charge in [-0.05, 0) is 34.1 Å². The molecule has 1 aromatic carbocycles. The Bertz CT molecular complexity index is 533. The van der Waals surface area contributed by atoms with Gasteiger partial charge in [-0.3, -0.25) is 4.68 Å². The molecule has 0 fully saturated rings. The van der Waals surface area contributed by atoms with E-state index < -0.39 is 0 Å². The Hall–Kier alpha value is -1.36. The van der Waals surface area contributed by atoms with Gasteiger partial charge in [0.15, 0.2) is 0 Å². The Labute approximate surface area is 95.0 Å². The van der Waals surface area contributed by atoms with Gasteiger partial charge in [0.05, 0.1) is 18.2 Å². The van der Waals surface area contributed by atoms with E-state index in [1.807, 2.05) is 7.05 Å². The van der Waals surface area contributed by atoms with Gasteiger partial charge in [0.2, 0.25) is 0 Å². The van der Waals surface area contributed by atoms with Crippen LogP contribution in [0, 0.1) is 0 Å². The normalized spacial score (nSPS) is 10.6. The zero-order valence-corrected chi connectivity index (χ0v) is 9.91. The minimum Gasteiger partial charge on any atom is -0.465 e. The van der Waals surface area contributed by atoms with E-state index in [-0.39, 0.29) is 5.97 Å². The number of aryl methyl sites for hydroxylation is 1. The monoisotopic (exact) mass is 268 g/mol. The van der Waals surface area contributed by atoms with Crippen LogP contribution in [0.25, 0.3) is 10.9 Å². The smallest absolute Gasteiger partial charge is 0.337 e. The molecule has 2 aromatic rings. The molecule has 2 rings (SSSR count). The minimum atomic E-state index is -0.340. The predicted molar refractivity (Wildman–Crippen MR) is 59.8 cm³/mol. The molecule has 0 radical (unpaired) electrons. The number of carbonyl (C=O) groups excluding carboxylic acids is 1. The summed E-state index contributed by atoms with van der Waals surface area (Å²) in [4.78, 5) is 11.3. The Morgan fingerprint density at radius 3 is 2.93 bits per heavy atom. The van der Waals surface area contributed by atoms with Crippen molar-refractivity contribution in [2.24, 2.45) is 7.05 Å². The molecule has 0 saturated heterocycles. The third-order valence-electron chi connectivity index (χ3n) is 2.18. The van der Waals surface area contributed by atoms with Gasteiger partial charge in [-0.2, -0.15) is 5.10 Å². The van der Waals surface area contributed by atoms with Gasteiger partial charge in [-0.25, -0.2) is 4.79 Å². The molecule has 0 aliphatic carbocycles. The van der Waals surface area contributed by atoms with E-state index in [1.165, 1.54) is 7.11 Å². The van der Waals surface area contributed by atoms with Crippen LogP contribution in [0.3, 0.4) is 0 Å². The number of halogens is 1. The molecule has 1 heterocycles. The van der Waals surface area contributed by atoms with Crippen LogP contribution in [-0.2, 0) is 11.8 Å². The third-order valence-corrected chi connectivity index (χ3v) is 3.12. The fraction of sp³-hybridized carbons (Fsp3) is 0.200. The molecule has 0 saturated carbocycles. The Kier molecular flexibility index (Phi) is 2.48. The lowest BCUT2D eigenvalue weighted by molar-refractivity contribution is 0.0601. The van der Waals surface area contributed by atoms with E-state index in [2.05, 4.69) is 25.8 Å². The van der Waals surface area contributed by atoms with Gasteiger partial charge in [0, 0.05) is 12.4 Å². The molecule has 78 valence electrons. The van der Waals surface area contributed by atoms with Gasteiger partial charge in [-0.15, -0.1) is 0 Å². The lowest BCUT2D eigenvalue weighted by atomic mass is 10.2. The average Bonchev–Trinajstić information content (AvgIpc) is 2.54. The predicted octanol–water partition coefficient (Wildman–Crippen LogP) is 2.12. The van der Waals surface area contributed by atoms with E-state index in [9.17, 15) is 4.79 Å². The van der Waals surface area contributed by atoms with Crippen LogP contribution in [-0.4, -0.2) is 22.9 Å². The molecule has 0 atom stereocenters. The number of ether oxygens (including phenoxy) is 1. The molecule has 0 N–H and O–H groups in total. The average molecular weight is 269 g/mol. The van der Waals surface area contributed by atoms with Crippen molar-refractivity contribution in [2.45, 2.75) is 0 Å². The Morgan fingerprint density at radius 2 is 2.27 bits per heavy atom. The molecule has 4 nitrogen and oxygen atoms in total. The minimum absolute atomic E-state index is 0.340. The van der Waals surface area contributed by atoms with Gasteiger partial charge < -0.3 is 4.74 Å². The molecule has 0 aliphatic rings. The van der Waals surface area contributed by atoms with Crippen LogP contribution in [0.15, 0.2) is 22.8 Å². The first-order valence-electron chi connectivity index (χ1n) is 4.34. The number of fused-ring (bicyclic) bond motifs is 1. The quantitative estimate of drug-likeness (QED) is 0.745. The molecule has 0 spiro atoms. The molecule has 5 heteroatoms. The maximum atomic E-state index is 11.3. The van der Waals surface area contributed by atoms with Gasteiger partial charge in [0.1, 0.15) is 4.60 Å². The van der Waals surface area contributed by atoms with Crippen molar-refractivity contribution in [1.29, 1.82) is 0 Å². The highest BCUT2D eigenvalue weighted by Crippen LogP contribution is 2.24. The number of rotatable bonds is 1. The summed E-state index contributed by atoms with van der Waals surface area (Å²) < 4.78 is 7.21. The second-order valence-electron chi connectivity index (χ2n) is 3.14. The summed E-state index contributed by atoms with van der Waals surface area (Å²) in [5.41, 5.74) is 1.37. The fourth-order valence-electron chi connectivity index (χ4n) is 1.41. The van der Waals surface area contributed by atoms with Crippen molar-refractivity contribution in [2.75, 3.05) is 7.11 Å². The number of nitrogens with zero attached hydrogens (tertiary/aromatic N) is 2. The molecule has 0 aliphatic heterocycles. The number of benzene rings is 1. The number of hydrogen-bond acceptors (Lipinski definition) is 3. The summed E-state index contributed by atoms with van der Waals surface area (Å²) in [6.45, 7) is 0. The Morgan fingerprint density at radius 1 is 1.53 bits per heavy atom. The highest BCUT2D eigenvalue weighted by Gasteiger charge is 2.10. The van der Waals surface area contributed by atoms with E-state index >= 15 is 0 Å². The summed E-state index contributed by atoms with van der Waals surface area (Å²) in [5.74, 6) is -0.340. The molecular weight excluding hydrogens is 260 g/mol. The first kappa shape index (κ1) is 10.2. The summed E-state index contributed by atoms with van der Waals surface area (Å²) in [7, 11) is 3.20. The van der Waals surface area contributed by atoms with E-state index in [1.54, 1.807) is 22.9 Å². The lowest BCUT2D eigenvalue weighted by Gasteiger charge is -1.98. The standard InChI is InChI=1S/C10H9BrN2O2/c1-13-9(11)7-5-6(10(14)15-2)3-4-8(7)12-13/h3-5H,1-2H3. The lowest BCUT2D eigenvalue weighted by Crippen LogP contribution is -2.00. The molecule has 15 heavy (non-hydrogen) atoms. The molecule has 1 aromatic heterocycles. The Balaban J connectivity index is 2.64. The molecule has 0 unspecified atom stereocenters. The van der Waals surface area contributed by atoms with Crippen molar-refractivity contribution in [1.82, 2.24) is 9.78 Å². The molecule has 0 amide bonds. The van der Waals surface area contributed by atoms with Gasteiger partial charge in [0.25, 0.3) is 0 Å². The summed E-state index contributed by atoms with van der Waals surface area (Å²) in [6.07, 6.45) is 0. The topological polar surface area (TPSA) is 44.1 Å². The van der Waals surface area contributed by atoms with Crippen molar-refractivity contribution >= 4 is 32.8 Å². The first-order chi connectivity index (χ1) is 7.13. The maximum Gasteiger partial charge on any atom is 0.337 e. The van der Waals surface area contributed by atoms with Crippen LogP contribution in [0.4, 0.5) is 0 Å². The summed E-state index contributed by atoms with van der Waals surface area (Å²) >= 11 is 3.40. The van der Waals surface area contributed by atoms with E-state index in [4.69, 9.17) is 0 Å². The highest BCUT2D eigenvalue weighted by atomic mass is 79.9. The van der Waals surface area contributed by atoms with Crippen LogP contribution in [0.5, 0.6) is 0 Å². The second-order valence-corrected chi connectivity index (χ2v) is 3.89. The van der Waals surface area contributed by atoms with Gasteiger partial charge in [-0.1, -0.05) is 0 Å². The number of aromatic nitrogens is 2. The second kappa shape index (κ2) is 3.66. The fourth-order valence-corrected chi connectivity index (χ4v) is 1.81. The molecular formula is C10H9BrN2O2. The van der Waals surface area contributed by atoms with Crippen LogP contribution < -0.4 is 0 Å². The zero-order valence-electron chi connectivity index (χ0n) is 8.32. The molecule has 0 bridgehead atoms. The van der Waals surface area contributed by atoms with Crippen LogP contribution in [0.1, 0.15) is 10.4 Å². The summed E-state index contributed by atoms with van der Waals surface area (Å²) in [6, 6.07) is 5.26. The third kappa shape index (κ3) is 1.63. The highest BCUT2D eigenvalue weighted by molar-refractivity contribution is 9.10. The van der Waals surface area contributed by atoms with Crippen LogP contribution in [0.2, 0.25) is 0 Å². The maximum absolute atomic E-state index is 11.3. The number of esters is 1.